The lowest BCUT2D eigenvalue weighted by Gasteiger charge is -2.22. The van der Waals surface area contributed by atoms with Gasteiger partial charge in [-0.1, -0.05) is 31.0 Å². The zero-order chi connectivity index (χ0) is 17.9. The predicted molar refractivity (Wildman–Crippen MR) is 103 cm³/mol. The van der Waals surface area contributed by atoms with Crippen molar-refractivity contribution in [2.75, 3.05) is 40.8 Å². The molecule has 1 aromatic rings. The van der Waals surface area contributed by atoms with Crippen molar-refractivity contribution in [3.63, 3.8) is 0 Å². The van der Waals surface area contributed by atoms with Gasteiger partial charge in [-0.3, -0.25) is 4.99 Å². The van der Waals surface area contributed by atoms with E-state index in [0.29, 0.717) is 0 Å². The van der Waals surface area contributed by atoms with Gasteiger partial charge < -0.3 is 20.3 Å². The first kappa shape index (κ1) is 20.3. The van der Waals surface area contributed by atoms with Crippen LogP contribution < -0.4 is 15.4 Å². The predicted octanol–water partition coefficient (Wildman–Crippen LogP) is 2.96. The second-order valence-electron chi connectivity index (χ2n) is 6.27. The maximum Gasteiger partial charge on any atom is 0.191 e. The standard InChI is InChI=1S/C19H34N4O/c1-7-8-12-23(5)13-11-21-19(20-4)22-16(3)17-14-15(2)9-10-18(17)24-6/h9-10,14,16H,7-8,11-13H2,1-6H3,(H2,20,21,22). The molecule has 0 amide bonds. The first-order valence-electron chi connectivity index (χ1n) is 8.82. The molecule has 0 saturated heterocycles. The molecule has 0 fully saturated rings. The van der Waals surface area contributed by atoms with Gasteiger partial charge in [-0.15, -0.1) is 0 Å². The number of ether oxygens (including phenoxy) is 1. The van der Waals surface area contributed by atoms with Gasteiger partial charge in [0, 0.05) is 25.7 Å². The molecule has 0 aliphatic rings. The smallest absolute Gasteiger partial charge is 0.191 e. The fourth-order valence-corrected chi connectivity index (χ4v) is 2.57. The molecule has 0 aliphatic carbocycles. The van der Waals surface area contributed by atoms with Gasteiger partial charge in [0.25, 0.3) is 0 Å². The van der Waals surface area contributed by atoms with E-state index in [2.05, 4.69) is 60.5 Å². The van der Waals surface area contributed by atoms with E-state index < -0.39 is 0 Å². The van der Waals surface area contributed by atoms with E-state index in [-0.39, 0.29) is 6.04 Å². The van der Waals surface area contributed by atoms with Crippen molar-refractivity contribution in [1.82, 2.24) is 15.5 Å². The zero-order valence-electron chi connectivity index (χ0n) is 16.1. The van der Waals surface area contributed by atoms with E-state index >= 15 is 0 Å². The van der Waals surface area contributed by atoms with Crippen LogP contribution in [0.1, 0.15) is 43.9 Å². The molecule has 0 aliphatic heterocycles. The highest BCUT2D eigenvalue weighted by atomic mass is 16.5. The lowest BCUT2D eigenvalue weighted by Crippen LogP contribution is -2.42. The van der Waals surface area contributed by atoms with Crippen LogP contribution in [0.25, 0.3) is 0 Å². The number of guanidine groups is 1. The molecule has 0 aromatic heterocycles. The van der Waals surface area contributed by atoms with Crippen LogP contribution in [0.2, 0.25) is 0 Å². The number of nitrogens with zero attached hydrogens (tertiary/aromatic N) is 2. The first-order chi connectivity index (χ1) is 11.5. The van der Waals surface area contributed by atoms with Crippen LogP contribution in [0, 0.1) is 6.92 Å². The quantitative estimate of drug-likeness (QED) is 0.538. The fourth-order valence-electron chi connectivity index (χ4n) is 2.57. The van der Waals surface area contributed by atoms with Crippen LogP contribution in [0.5, 0.6) is 5.75 Å². The number of likely N-dealkylation sites (N-methyl/N-ethyl adjacent to an activating group) is 1. The third-order valence-electron chi connectivity index (χ3n) is 4.11. The summed E-state index contributed by atoms with van der Waals surface area (Å²) >= 11 is 0. The Morgan fingerprint density at radius 1 is 1.33 bits per heavy atom. The number of aliphatic imine (C=N–C) groups is 1. The van der Waals surface area contributed by atoms with E-state index in [1.54, 1.807) is 14.2 Å². The molecular formula is C19H34N4O. The Labute approximate surface area is 147 Å². The summed E-state index contributed by atoms with van der Waals surface area (Å²) in [4.78, 5) is 6.67. The molecule has 5 heteroatoms. The number of nitrogens with one attached hydrogen (secondary N) is 2. The SMILES string of the molecule is CCCCN(C)CCNC(=NC)NC(C)c1cc(C)ccc1OC. The molecule has 136 valence electrons. The third-order valence-corrected chi connectivity index (χ3v) is 4.11. The van der Waals surface area contributed by atoms with Gasteiger partial charge in [-0.25, -0.2) is 0 Å². The molecule has 0 spiro atoms. The van der Waals surface area contributed by atoms with Crippen LogP contribution in [-0.2, 0) is 0 Å². The van der Waals surface area contributed by atoms with Crippen LogP contribution in [0.4, 0.5) is 0 Å². The van der Waals surface area contributed by atoms with E-state index in [9.17, 15) is 0 Å². The van der Waals surface area contributed by atoms with Gasteiger partial charge in [-0.05, 0) is 39.9 Å². The summed E-state index contributed by atoms with van der Waals surface area (Å²) in [6.07, 6.45) is 2.48. The minimum atomic E-state index is 0.115. The highest BCUT2D eigenvalue weighted by molar-refractivity contribution is 5.80. The van der Waals surface area contributed by atoms with Gasteiger partial charge >= 0.3 is 0 Å². The summed E-state index contributed by atoms with van der Waals surface area (Å²) in [5.41, 5.74) is 2.36. The lowest BCUT2D eigenvalue weighted by molar-refractivity contribution is 0.332. The summed E-state index contributed by atoms with van der Waals surface area (Å²) < 4.78 is 5.48. The van der Waals surface area contributed by atoms with Crippen LogP contribution >= 0.6 is 0 Å². The van der Waals surface area contributed by atoms with Gasteiger partial charge in [0.15, 0.2) is 5.96 Å². The van der Waals surface area contributed by atoms with E-state index in [1.165, 1.54) is 18.4 Å². The van der Waals surface area contributed by atoms with Gasteiger partial charge in [-0.2, -0.15) is 0 Å². The highest BCUT2D eigenvalue weighted by Gasteiger charge is 2.13. The summed E-state index contributed by atoms with van der Waals surface area (Å²) in [5, 5.41) is 6.83. The number of benzene rings is 1. The molecule has 0 bridgehead atoms. The highest BCUT2D eigenvalue weighted by Crippen LogP contribution is 2.25. The van der Waals surface area contributed by atoms with Crippen molar-refractivity contribution in [3.8, 4) is 5.75 Å². The maximum absolute atomic E-state index is 5.48. The number of rotatable bonds is 9. The molecular weight excluding hydrogens is 300 g/mol. The largest absolute Gasteiger partial charge is 0.496 e. The van der Waals surface area contributed by atoms with E-state index in [1.807, 2.05) is 6.07 Å². The Morgan fingerprint density at radius 2 is 2.08 bits per heavy atom. The zero-order valence-corrected chi connectivity index (χ0v) is 16.1. The summed E-state index contributed by atoms with van der Waals surface area (Å²) in [6, 6.07) is 6.35. The van der Waals surface area contributed by atoms with Crippen molar-refractivity contribution in [2.24, 2.45) is 4.99 Å². The number of hydrogen-bond donors (Lipinski definition) is 2. The molecule has 1 unspecified atom stereocenters. The summed E-state index contributed by atoms with van der Waals surface area (Å²) in [7, 11) is 5.67. The Bertz CT molecular complexity index is 516. The number of methoxy groups -OCH3 is 1. The van der Waals surface area contributed by atoms with Gasteiger partial charge in [0.05, 0.1) is 13.2 Å². The Balaban J connectivity index is 2.55. The second-order valence-corrected chi connectivity index (χ2v) is 6.27. The number of hydrogen-bond acceptors (Lipinski definition) is 3. The Hall–Kier alpha value is -1.75. The molecule has 5 nitrogen and oxygen atoms in total. The van der Waals surface area contributed by atoms with Crippen LogP contribution in [0.3, 0.4) is 0 Å². The molecule has 1 rings (SSSR count). The Kier molecular flexibility index (Phi) is 9.23. The summed E-state index contributed by atoms with van der Waals surface area (Å²) in [5.74, 6) is 1.71. The topological polar surface area (TPSA) is 48.9 Å². The average Bonchev–Trinajstić information content (AvgIpc) is 2.58. The molecule has 24 heavy (non-hydrogen) atoms. The van der Waals surface area contributed by atoms with Gasteiger partial charge in [0.1, 0.15) is 5.75 Å². The van der Waals surface area contributed by atoms with E-state index in [0.717, 1.165) is 36.9 Å². The number of aryl methyl sites for hydroxylation is 1. The lowest BCUT2D eigenvalue weighted by atomic mass is 10.0. The molecule has 0 heterocycles. The first-order valence-corrected chi connectivity index (χ1v) is 8.82. The van der Waals surface area contributed by atoms with E-state index in [4.69, 9.17) is 4.74 Å². The van der Waals surface area contributed by atoms with Crippen molar-refractivity contribution >= 4 is 5.96 Å². The van der Waals surface area contributed by atoms with Gasteiger partial charge in [0.2, 0.25) is 0 Å². The van der Waals surface area contributed by atoms with Crippen molar-refractivity contribution < 1.29 is 4.74 Å². The average molecular weight is 335 g/mol. The van der Waals surface area contributed by atoms with Crippen molar-refractivity contribution in [2.45, 2.75) is 39.7 Å². The third kappa shape index (κ3) is 6.79. The van der Waals surface area contributed by atoms with Crippen molar-refractivity contribution in [3.05, 3.63) is 29.3 Å². The molecule has 0 radical (unpaired) electrons. The molecule has 2 N–H and O–H groups in total. The monoisotopic (exact) mass is 334 g/mol. The maximum atomic E-state index is 5.48. The molecule has 1 aromatic carbocycles. The fraction of sp³-hybridized carbons (Fsp3) is 0.632. The second kappa shape index (κ2) is 10.9. The molecule has 1 atom stereocenters. The van der Waals surface area contributed by atoms with Crippen LogP contribution in [-0.4, -0.2) is 51.7 Å². The normalized spacial score (nSPS) is 13.0. The summed E-state index contributed by atoms with van der Waals surface area (Å²) in [6.45, 7) is 9.45. The Morgan fingerprint density at radius 3 is 2.71 bits per heavy atom. The van der Waals surface area contributed by atoms with Crippen molar-refractivity contribution in [1.29, 1.82) is 0 Å². The van der Waals surface area contributed by atoms with Crippen LogP contribution in [0.15, 0.2) is 23.2 Å². The minimum Gasteiger partial charge on any atom is -0.496 e. The minimum absolute atomic E-state index is 0.115. The molecule has 0 saturated carbocycles. The number of unbranched alkanes of at least 4 members (excludes halogenated alkanes) is 1.